The molecular formula is C22H20N2O2S2. The standard InChI is InChI=1S/C22H20N2O2S2/c1-25-19-9-8-16(11-20(19)26-2)22-24-18(14-28-22)13-27-12-17-6-3-5-15-7-4-10-23-21(15)17/h3-11,14H,12-13H2,1-2H3. The average molecular weight is 409 g/mol. The summed E-state index contributed by atoms with van der Waals surface area (Å²) < 4.78 is 10.7. The molecule has 0 N–H and O–H groups in total. The summed E-state index contributed by atoms with van der Waals surface area (Å²) in [5.41, 5.74) is 4.48. The summed E-state index contributed by atoms with van der Waals surface area (Å²) >= 11 is 3.51. The maximum atomic E-state index is 5.40. The van der Waals surface area contributed by atoms with E-state index < -0.39 is 0 Å². The van der Waals surface area contributed by atoms with Crippen molar-refractivity contribution in [3.8, 4) is 22.1 Å². The Bertz CT molecular complexity index is 1090. The quantitative estimate of drug-likeness (QED) is 0.386. The van der Waals surface area contributed by atoms with Crippen molar-refractivity contribution in [1.29, 1.82) is 0 Å². The molecule has 0 fully saturated rings. The van der Waals surface area contributed by atoms with Gasteiger partial charge in [0.15, 0.2) is 11.5 Å². The SMILES string of the molecule is COc1ccc(-c2nc(CSCc3cccc4cccnc34)cs2)cc1OC. The number of rotatable bonds is 7. The van der Waals surface area contributed by atoms with Gasteiger partial charge in [0.2, 0.25) is 0 Å². The highest BCUT2D eigenvalue weighted by Gasteiger charge is 2.10. The molecule has 4 aromatic rings. The number of fused-ring (bicyclic) bond motifs is 1. The molecule has 0 saturated carbocycles. The minimum atomic E-state index is 0.717. The second kappa shape index (κ2) is 8.63. The highest BCUT2D eigenvalue weighted by atomic mass is 32.2. The van der Waals surface area contributed by atoms with Crippen LogP contribution in [0, 0.1) is 0 Å². The Labute approximate surface area is 172 Å². The molecule has 0 aliphatic heterocycles. The number of para-hydroxylation sites is 1. The van der Waals surface area contributed by atoms with Crippen molar-refractivity contribution in [1.82, 2.24) is 9.97 Å². The number of pyridine rings is 1. The van der Waals surface area contributed by atoms with Crippen molar-refractivity contribution in [2.24, 2.45) is 0 Å². The number of thiazole rings is 1. The minimum Gasteiger partial charge on any atom is -0.493 e. The van der Waals surface area contributed by atoms with E-state index in [0.717, 1.165) is 44.8 Å². The fourth-order valence-electron chi connectivity index (χ4n) is 3.02. The number of thioether (sulfide) groups is 1. The van der Waals surface area contributed by atoms with Crippen LogP contribution in [0.2, 0.25) is 0 Å². The lowest BCUT2D eigenvalue weighted by atomic mass is 10.1. The summed E-state index contributed by atoms with van der Waals surface area (Å²) in [6, 6.07) is 16.3. The Kier molecular flexibility index (Phi) is 5.78. The van der Waals surface area contributed by atoms with Crippen molar-refractivity contribution in [2.75, 3.05) is 14.2 Å². The van der Waals surface area contributed by atoms with Crippen LogP contribution in [-0.2, 0) is 11.5 Å². The summed E-state index contributed by atoms with van der Waals surface area (Å²) in [5, 5.41) is 4.30. The second-order valence-electron chi connectivity index (χ2n) is 6.20. The molecule has 0 aliphatic rings. The van der Waals surface area contributed by atoms with Crippen LogP contribution in [0.3, 0.4) is 0 Å². The smallest absolute Gasteiger partial charge is 0.161 e. The van der Waals surface area contributed by atoms with Gasteiger partial charge in [0.25, 0.3) is 0 Å². The van der Waals surface area contributed by atoms with Crippen LogP contribution in [-0.4, -0.2) is 24.2 Å². The average Bonchev–Trinajstić information content (AvgIpc) is 3.22. The molecule has 142 valence electrons. The van der Waals surface area contributed by atoms with Gasteiger partial charge in [-0.3, -0.25) is 4.98 Å². The molecule has 0 spiro atoms. The first-order chi connectivity index (χ1) is 13.8. The molecule has 0 saturated heterocycles. The van der Waals surface area contributed by atoms with E-state index in [4.69, 9.17) is 14.5 Å². The van der Waals surface area contributed by atoms with Gasteiger partial charge >= 0.3 is 0 Å². The second-order valence-corrected chi connectivity index (χ2v) is 8.04. The molecular weight excluding hydrogens is 388 g/mol. The summed E-state index contributed by atoms with van der Waals surface area (Å²) in [7, 11) is 3.29. The molecule has 0 radical (unpaired) electrons. The van der Waals surface area contributed by atoms with Crippen LogP contribution < -0.4 is 9.47 Å². The molecule has 0 aliphatic carbocycles. The Balaban J connectivity index is 1.44. The van der Waals surface area contributed by atoms with Crippen LogP contribution in [0.1, 0.15) is 11.3 Å². The molecule has 0 atom stereocenters. The zero-order valence-electron chi connectivity index (χ0n) is 15.7. The summed E-state index contributed by atoms with van der Waals surface area (Å²) in [5.74, 6) is 3.22. The van der Waals surface area contributed by atoms with Gasteiger partial charge in [0.1, 0.15) is 5.01 Å². The number of hydrogen-bond acceptors (Lipinski definition) is 6. The maximum Gasteiger partial charge on any atom is 0.161 e. The monoisotopic (exact) mass is 408 g/mol. The van der Waals surface area contributed by atoms with Crippen molar-refractivity contribution >= 4 is 34.0 Å². The minimum absolute atomic E-state index is 0.717. The summed E-state index contributed by atoms with van der Waals surface area (Å²) in [6.07, 6.45) is 1.85. The molecule has 6 heteroatoms. The van der Waals surface area contributed by atoms with E-state index in [0.29, 0.717) is 0 Å². The molecule has 0 bridgehead atoms. The molecule has 4 rings (SSSR count). The number of aromatic nitrogens is 2. The van der Waals surface area contributed by atoms with Crippen molar-refractivity contribution in [3.05, 3.63) is 71.4 Å². The highest BCUT2D eigenvalue weighted by Crippen LogP contribution is 2.34. The Morgan fingerprint density at radius 1 is 0.964 bits per heavy atom. The molecule has 0 unspecified atom stereocenters. The van der Waals surface area contributed by atoms with Crippen LogP contribution in [0.15, 0.2) is 60.1 Å². The number of methoxy groups -OCH3 is 2. The first-order valence-corrected chi connectivity index (χ1v) is 10.9. The number of hydrogen-bond donors (Lipinski definition) is 0. The molecule has 2 aromatic heterocycles. The van der Waals surface area contributed by atoms with Gasteiger partial charge in [-0.25, -0.2) is 4.98 Å². The van der Waals surface area contributed by atoms with Gasteiger partial charge in [-0.2, -0.15) is 11.8 Å². The van der Waals surface area contributed by atoms with Crippen molar-refractivity contribution in [3.63, 3.8) is 0 Å². The van der Waals surface area contributed by atoms with Crippen LogP contribution in [0.25, 0.3) is 21.5 Å². The van der Waals surface area contributed by atoms with Gasteiger partial charge in [0.05, 0.1) is 25.4 Å². The normalized spacial score (nSPS) is 10.9. The summed E-state index contributed by atoms with van der Waals surface area (Å²) in [4.78, 5) is 9.32. The fourth-order valence-corrected chi connectivity index (χ4v) is 4.86. The Hall–Kier alpha value is -2.57. The lowest BCUT2D eigenvalue weighted by molar-refractivity contribution is 0.355. The van der Waals surface area contributed by atoms with Gasteiger partial charge in [0, 0.05) is 34.0 Å². The maximum absolute atomic E-state index is 5.40. The zero-order chi connectivity index (χ0) is 19.3. The van der Waals surface area contributed by atoms with E-state index in [1.54, 1.807) is 25.6 Å². The first-order valence-electron chi connectivity index (χ1n) is 8.85. The molecule has 2 heterocycles. The van der Waals surface area contributed by atoms with E-state index >= 15 is 0 Å². The predicted molar refractivity (Wildman–Crippen MR) is 117 cm³/mol. The van der Waals surface area contributed by atoms with Crippen molar-refractivity contribution < 1.29 is 9.47 Å². The lowest BCUT2D eigenvalue weighted by Gasteiger charge is -2.08. The summed E-state index contributed by atoms with van der Waals surface area (Å²) in [6.45, 7) is 0. The molecule has 28 heavy (non-hydrogen) atoms. The third kappa shape index (κ3) is 3.98. The first kappa shape index (κ1) is 18.8. The van der Waals surface area contributed by atoms with E-state index in [2.05, 4.69) is 34.6 Å². The van der Waals surface area contributed by atoms with Gasteiger partial charge in [-0.15, -0.1) is 11.3 Å². The Morgan fingerprint density at radius 3 is 2.68 bits per heavy atom. The van der Waals surface area contributed by atoms with Crippen LogP contribution in [0.4, 0.5) is 0 Å². The topological polar surface area (TPSA) is 44.2 Å². The third-order valence-corrected chi connectivity index (χ3v) is 6.36. The highest BCUT2D eigenvalue weighted by molar-refractivity contribution is 7.97. The van der Waals surface area contributed by atoms with Gasteiger partial charge in [-0.05, 0) is 29.8 Å². The van der Waals surface area contributed by atoms with Crippen LogP contribution in [0.5, 0.6) is 11.5 Å². The van der Waals surface area contributed by atoms with Crippen LogP contribution >= 0.6 is 23.1 Å². The van der Waals surface area contributed by atoms with Gasteiger partial charge < -0.3 is 9.47 Å². The van der Waals surface area contributed by atoms with Crippen molar-refractivity contribution in [2.45, 2.75) is 11.5 Å². The third-order valence-electron chi connectivity index (χ3n) is 4.41. The molecule has 0 amide bonds. The number of benzene rings is 2. The van der Waals surface area contributed by atoms with E-state index in [1.165, 1.54) is 10.9 Å². The zero-order valence-corrected chi connectivity index (χ0v) is 17.3. The largest absolute Gasteiger partial charge is 0.493 e. The molecule has 2 aromatic carbocycles. The Morgan fingerprint density at radius 2 is 1.82 bits per heavy atom. The number of nitrogens with zero attached hydrogens (tertiary/aromatic N) is 2. The van der Waals surface area contributed by atoms with E-state index in [1.807, 2.05) is 42.2 Å². The molecule has 4 nitrogen and oxygen atoms in total. The predicted octanol–water partition coefficient (Wildman–Crippen LogP) is 5.81. The van der Waals surface area contributed by atoms with E-state index in [9.17, 15) is 0 Å². The number of ether oxygens (including phenoxy) is 2. The fraction of sp³-hybridized carbons (Fsp3) is 0.182. The van der Waals surface area contributed by atoms with E-state index in [-0.39, 0.29) is 0 Å². The lowest BCUT2D eigenvalue weighted by Crippen LogP contribution is -1.91. The van der Waals surface area contributed by atoms with Gasteiger partial charge in [-0.1, -0.05) is 24.3 Å².